The molecule has 0 aromatic rings. The summed E-state index contributed by atoms with van der Waals surface area (Å²) in [4.78, 5) is 0. The Balaban J connectivity index is 2.40. The summed E-state index contributed by atoms with van der Waals surface area (Å²) in [6, 6.07) is 0. The molecule has 0 aliphatic carbocycles. The Kier molecular flexibility index (Phi) is 6.07. The van der Waals surface area contributed by atoms with E-state index in [0.717, 1.165) is 32.2 Å². The first-order valence-electron chi connectivity index (χ1n) is 6.58. The molecular weight excluding hydrogens is 198 g/mol. The van der Waals surface area contributed by atoms with Crippen molar-refractivity contribution in [3.05, 3.63) is 11.6 Å². The molecule has 1 unspecified atom stereocenters. The van der Waals surface area contributed by atoms with Gasteiger partial charge in [-0.05, 0) is 24.8 Å². The van der Waals surface area contributed by atoms with Crippen LogP contribution in [0.1, 0.15) is 34.1 Å². The minimum atomic E-state index is 0.639. The van der Waals surface area contributed by atoms with E-state index in [0.29, 0.717) is 11.8 Å². The van der Waals surface area contributed by atoms with Crippen LogP contribution in [0.3, 0.4) is 0 Å². The minimum absolute atomic E-state index is 0.639. The lowest BCUT2D eigenvalue weighted by Gasteiger charge is -2.15. The van der Waals surface area contributed by atoms with E-state index in [1.807, 2.05) is 0 Å². The van der Waals surface area contributed by atoms with Crippen molar-refractivity contribution in [1.29, 1.82) is 0 Å². The first-order chi connectivity index (χ1) is 7.59. The summed E-state index contributed by atoms with van der Waals surface area (Å²) in [5.74, 6) is 2.02. The SMILES string of the molecule is CC(C)CNCC(=CC1CCOC1)C(C)C. The normalized spacial score (nSPS) is 22.4. The van der Waals surface area contributed by atoms with Crippen LogP contribution in [0.15, 0.2) is 11.6 Å². The molecule has 94 valence electrons. The van der Waals surface area contributed by atoms with E-state index in [1.165, 1.54) is 12.0 Å². The van der Waals surface area contributed by atoms with Crippen LogP contribution in [0, 0.1) is 17.8 Å². The number of hydrogen-bond donors (Lipinski definition) is 1. The monoisotopic (exact) mass is 225 g/mol. The van der Waals surface area contributed by atoms with Crippen molar-refractivity contribution in [3.63, 3.8) is 0 Å². The highest BCUT2D eigenvalue weighted by molar-refractivity contribution is 5.09. The molecule has 0 aromatic heterocycles. The van der Waals surface area contributed by atoms with Crippen LogP contribution in [0.2, 0.25) is 0 Å². The van der Waals surface area contributed by atoms with E-state index in [1.54, 1.807) is 0 Å². The predicted molar refractivity (Wildman–Crippen MR) is 69.6 cm³/mol. The third-order valence-electron chi connectivity index (χ3n) is 3.04. The van der Waals surface area contributed by atoms with Gasteiger partial charge in [-0.2, -0.15) is 0 Å². The van der Waals surface area contributed by atoms with E-state index >= 15 is 0 Å². The average Bonchev–Trinajstić information content (AvgIpc) is 2.68. The Labute approximate surface area is 100 Å². The molecule has 1 N–H and O–H groups in total. The lowest BCUT2D eigenvalue weighted by Crippen LogP contribution is -2.24. The van der Waals surface area contributed by atoms with Crippen LogP contribution in [0.5, 0.6) is 0 Å². The van der Waals surface area contributed by atoms with Gasteiger partial charge in [-0.25, -0.2) is 0 Å². The van der Waals surface area contributed by atoms with E-state index in [2.05, 4.69) is 39.1 Å². The molecule has 1 aliphatic heterocycles. The lowest BCUT2D eigenvalue weighted by atomic mass is 9.97. The highest BCUT2D eigenvalue weighted by Crippen LogP contribution is 2.19. The maximum atomic E-state index is 5.42. The molecule has 0 radical (unpaired) electrons. The van der Waals surface area contributed by atoms with Gasteiger partial charge in [0.25, 0.3) is 0 Å². The molecule has 1 heterocycles. The fourth-order valence-corrected chi connectivity index (χ4v) is 1.95. The van der Waals surface area contributed by atoms with Crippen LogP contribution in [0.25, 0.3) is 0 Å². The van der Waals surface area contributed by atoms with Gasteiger partial charge in [0.2, 0.25) is 0 Å². The molecule has 2 heteroatoms. The van der Waals surface area contributed by atoms with Crippen LogP contribution >= 0.6 is 0 Å². The van der Waals surface area contributed by atoms with Crippen LogP contribution < -0.4 is 5.32 Å². The van der Waals surface area contributed by atoms with Crippen LogP contribution in [-0.4, -0.2) is 26.3 Å². The molecule has 1 fully saturated rings. The number of rotatable bonds is 6. The van der Waals surface area contributed by atoms with Crippen molar-refractivity contribution >= 4 is 0 Å². The quantitative estimate of drug-likeness (QED) is 0.702. The second kappa shape index (κ2) is 7.08. The molecule has 1 aliphatic rings. The molecule has 1 atom stereocenters. The Bertz CT molecular complexity index is 215. The Hall–Kier alpha value is -0.340. The summed E-state index contributed by atoms with van der Waals surface area (Å²) in [6.45, 7) is 13.0. The maximum absolute atomic E-state index is 5.42. The molecule has 0 saturated carbocycles. The number of hydrogen-bond acceptors (Lipinski definition) is 2. The molecule has 0 spiro atoms. The Morgan fingerprint density at radius 1 is 1.38 bits per heavy atom. The van der Waals surface area contributed by atoms with Gasteiger partial charge in [0, 0.05) is 19.1 Å². The van der Waals surface area contributed by atoms with E-state index in [9.17, 15) is 0 Å². The average molecular weight is 225 g/mol. The number of nitrogens with one attached hydrogen (secondary N) is 1. The van der Waals surface area contributed by atoms with Gasteiger partial charge in [0.1, 0.15) is 0 Å². The smallest absolute Gasteiger partial charge is 0.0529 e. The third-order valence-corrected chi connectivity index (χ3v) is 3.04. The van der Waals surface area contributed by atoms with Crippen molar-refractivity contribution in [2.45, 2.75) is 34.1 Å². The predicted octanol–water partition coefficient (Wildman–Crippen LogP) is 2.85. The zero-order valence-electron chi connectivity index (χ0n) is 11.3. The van der Waals surface area contributed by atoms with Gasteiger partial charge in [-0.15, -0.1) is 0 Å². The van der Waals surface area contributed by atoms with E-state index < -0.39 is 0 Å². The Morgan fingerprint density at radius 2 is 2.12 bits per heavy atom. The van der Waals surface area contributed by atoms with E-state index in [4.69, 9.17) is 4.74 Å². The summed E-state index contributed by atoms with van der Waals surface area (Å²) in [5.41, 5.74) is 1.54. The van der Waals surface area contributed by atoms with Crippen molar-refractivity contribution in [3.8, 4) is 0 Å². The minimum Gasteiger partial charge on any atom is -0.381 e. The van der Waals surface area contributed by atoms with Crippen LogP contribution in [-0.2, 0) is 4.74 Å². The molecule has 1 rings (SSSR count). The first-order valence-corrected chi connectivity index (χ1v) is 6.58. The third kappa shape index (κ3) is 5.13. The van der Waals surface area contributed by atoms with Crippen LogP contribution in [0.4, 0.5) is 0 Å². The molecule has 0 aromatic carbocycles. The van der Waals surface area contributed by atoms with Gasteiger partial charge >= 0.3 is 0 Å². The summed E-state index contributed by atoms with van der Waals surface area (Å²) < 4.78 is 5.42. The maximum Gasteiger partial charge on any atom is 0.0529 e. The molecule has 1 saturated heterocycles. The standard InChI is InChI=1S/C14H27NO/c1-11(2)8-15-9-14(12(3)4)7-13-5-6-16-10-13/h7,11-13,15H,5-6,8-10H2,1-4H3. The molecule has 16 heavy (non-hydrogen) atoms. The van der Waals surface area contributed by atoms with Gasteiger partial charge in [0.05, 0.1) is 6.61 Å². The van der Waals surface area contributed by atoms with Gasteiger partial charge in [-0.3, -0.25) is 0 Å². The zero-order valence-corrected chi connectivity index (χ0v) is 11.3. The summed E-state index contributed by atoms with van der Waals surface area (Å²) in [5, 5.41) is 3.53. The van der Waals surface area contributed by atoms with Crippen molar-refractivity contribution in [2.24, 2.45) is 17.8 Å². The summed E-state index contributed by atoms with van der Waals surface area (Å²) in [6.07, 6.45) is 3.63. The highest BCUT2D eigenvalue weighted by atomic mass is 16.5. The van der Waals surface area contributed by atoms with Gasteiger partial charge < -0.3 is 10.1 Å². The van der Waals surface area contributed by atoms with Crippen molar-refractivity contribution < 1.29 is 4.74 Å². The largest absolute Gasteiger partial charge is 0.381 e. The summed E-state index contributed by atoms with van der Waals surface area (Å²) in [7, 11) is 0. The zero-order chi connectivity index (χ0) is 12.0. The van der Waals surface area contributed by atoms with E-state index in [-0.39, 0.29) is 0 Å². The van der Waals surface area contributed by atoms with Gasteiger partial charge in [-0.1, -0.05) is 39.3 Å². The number of ether oxygens (including phenoxy) is 1. The second-order valence-electron chi connectivity index (χ2n) is 5.54. The van der Waals surface area contributed by atoms with Crippen molar-refractivity contribution in [1.82, 2.24) is 5.32 Å². The topological polar surface area (TPSA) is 21.3 Å². The first kappa shape index (κ1) is 13.7. The molecular formula is C14H27NO. The second-order valence-corrected chi connectivity index (χ2v) is 5.54. The molecule has 0 amide bonds. The van der Waals surface area contributed by atoms with Gasteiger partial charge in [0.15, 0.2) is 0 Å². The molecule has 0 bridgehead atoms. The fraction of sp³-hybridized carbons (Fsp3) is 0.857. The highest BCUT2D eigenvalue weighted by Gasteiger charge is 2.15. The lowest BCUT2D eigenvalue weighted by molar-refractivity contribution is 0.191. The fourth-order valence-electron chi connectivity index (χ4n) is 1.95. The Morgan fingerprint density at radius 3 is 2.62 bits per heavy atom. The molecule has 2 nitrogen and oxygen atoms in total. The summed E-state index contributed by atoms with van der Waals surface area (Å²) >= 11 is 0. The van der Waals surface area contributed by atoms with Crippen molar-refractivity contribution in [2.75, 3.05) is 26.3 Å².